The Labute approximate surface area is 161 Å². The number of nitrogens with zero attached hydrogens (tertiary/aromatic N) is 3. The standard InChI is InChI=1S/C20H22N4O2S/c1-12-8-9-15-16(10-12)27-19-18(15)20(26)24(23-22-19)11-17(25)21-13(2)14-6-4-3-5-7-14/h3-7,12-13H,8-11H2,1-2H3,(H,21,25)/t12-,13+/m1/s1. The van der Waals surface area contributed by atoms with Gasteiger partial charge in [-0.1, -0.05) is 42.5 Å². The van der Waals surface area contributed by atoms with Gasteiger partial charge >= 0.3 is 0 Å². The molecule has 4 rings (SSSR count). The summed E-state index contributed by atoms with van der Waals surface area (Å²) in [4.78, 5) is 27.3. The molecule has 0 fully saturated rings. The van der Waals surface area contributed by atoms with E-state index in [4.69, 9.17) is 0 Å². The summed E-state index contributed by atoms with van der Waals surface area (Å²) >= 11 is 1.57. The summed E-state index contributed by atoms with van der Waals surface area (Å²) in [5.74, 6) is 0.380. The molecule has 2 aromatic heterocycles. The Balaban J connectivity index is 1.56. The van der Waals surface area contributed by atoms with E-state index in [0.717, 1.165) is 30.4 Å². The monoisotopic (exact) mass is 382 g/mol. The van der Waals surface area contributed by atoms with E-state index in [1.807, 2.05) is 37.3 Å². The highest BCUT2D eigenvalue weighted by Crippen LogP contribution is 2.35. The van der Waals surface area contributed by atoms with Gasteiger partial charge in [-0.05, 0) is 43.2 Å². The number of fused-ring (bicyclic) bond motifs is 3. The first-order valence-electron chi connectivity index (χ1n) is 9.25. The molecular weight excluding hydrogens is 360 g/mol. The maximum atomic E-state index is 12.9. The van der Waals surface area contributed by atoms with Crippen LogP contribution in [0.25, 0.3) is 10.2 Å². The van der Waals surface area contributed by atoms with Crippen molar-refractivity contribution in [2.45, 2.75) is 45.7 Å². The van der Waals surface area contributed by atoms with E-state index in [0.29, 0.717) is 16.1 Å². The van der Waals surface area contributed by atoms with Gasteiger partial charge < -0.3 is 5.32 Å². The number of benzene rings is 1. The van der Waals surface area contributed by atoms with Crippen molar-refractivity contribution in [2.24, 2.45) is 5.92 Å². The third-order valence-electron chi connectivity index (χ3n) is 5.16. The quantitative estimate of drug-likeness (QED) is 0.753. The van der Waals surface area contributed by atoms with Crippen LogP contribution in [-0.4, -0.2) is 20.9 Å². The molecule has 0 saturated carbocycles. The second-order valence-corrected chi connectivity index (χ2v) is 8.37. The third-order valence-corrected chi connectivity index (χ3v) is 6.29. The molecule has 6 nitrogen and oxygen atoms in total. The lowest BCUT2D eigenvalue weighted by Crippen LogP contribution is -2.35. The number of carbonyl (C=O) groups excluding carboxylic acids is 1. The van der Waals surface area contributed by atoms with E-state index in [1.54, 1.807) is 11.3 Å². The average molecular weight is 382 g/mol. The van der Waals surface area contributed by atoms with E-state index in [1.165, 1.54) is 9.56 Å². The van der Waals surface area contributed by atoms with Gasteiger partial charge in [-0.25, -0.2) is 4.68 Å². The number of aromatic nitrogens is 3. The van der Waals surface area contributed by atoms with Crippen molar-refractivity contribution in [1.29, 1.82) is 0 Å². The maximum absolute atomic E-state index is 12.9. The summed E-state index contributed by atoms with van der Waals surface area (Å²) < 4.78 is 1.18. The second-order valence-electron chi connectivity index (χ2n) is 7.28. The molecule has 0 saturated heterocycles. The maximum Gasteiger partial charge on any atom is 0.279 e. The van der Waals surface area contributed by atoms with Crippen LogP contribution in [0.5, 0.6) is 0 Å². The van der Waals surface area contributed by atoms with E-state index in [9.17, 15) is 9.59 Å². The number of thiophene rings is 1. The summed E-state index contributed by atoms with van der Waals surface area (Å²) in [5, 5.41) is 11.8. The highest BCUT2D eigenvalue weighted by Gasteiger charge is 2.24. The van der Waals surface area contributed by atoms with E-state index in [2.05, 4.69) is 22.6 Å². The lowest BCUT2D eigenvalue weighted by atomic mass is 9.89. The summed E-state index contributed by atoms with van der Waals surface area (Å²) in [7, 11) is 0. The third kappa shape index (κ3) is 3.51. The smallest absolute Gasteiger partial charge is 0.279 e. The minimum atomic E-state index is -0.250. The van der Waals surface area contributed by atoms with E-state index in [-0.39, 0.29) is 24.1 Å². The fourth-order valence-corrected chi connectivity index (χ4v) is 4.96. The average Bonchev–Trinajstić information content (AvgIpc) is 3.02. The van der Waals surface area contributed by atoms with Crippen molar-refractivity contribution >= 4 is 27.5 Å². The molecule has 3 aromatic rings. The highest BCUT2D eigenvalue weighted by atomic mass is 32.1. The predicted molar refractivity (Wildman–Crippen MR) is 106 cm³/mol. The largest absolute Gasteiger partial charge is 0.348 e. The molecule has 7 heteroatoms. The fraction of sp³-hybridized carbons (Fsp3) is 0.400. The number of hydrogen-bond donors (Lipinski definition) is 1. The van der Waals surface area contributed by atoms with Gasteiger partial charge in [0, 0.05) is 4.88 Å². The molecule has 0 radical (unpaired) electrons. The Morgan fingerprint density at radius 3 is 2.93 bits per heavy atom. The predicted octanol–water partition coefficient (Wildman–Crippen LogP) is 2.86. The van der Waals surface area contributed by atoms with Gasteiger partial charge in [0.15, 0.2) is 4.83 Å². The van der Waals surface area contributed by atoms with Crippen molar-refractivity contribution < 1.29 is 4.79 Å². The van der Waals surface area contributed by atoms with Gasteiger partial charge in [-0.3, -0.25) is 9.59 Å². The van der Waals surface area contributed by atoms with Crippen molar-refractivity contribution in [3.05, 3.63) is 56.7 Å². The molecule has 1 amide bonds. The van der Waals surface area contributed by atoms with Crippen LogP contribution in [-0.2, 0) is 24.2 Å². The van der Waals surface area contributed by atoms with Crippen LogP contribution in [0.3, 0.4) is 0 Å². The Hall–Kier alpha value is -2.54. The number of carbonyl (C=O) groups is 1. The molecular formula is C20H22N4O2S. The van der Waals surface area contributed by atoms with Crippen LogP contribution in [0.1, 0.15) is 42.3 Å². The minimum absolute atomic E-state index is 0.125. The lowest BCUT2D eigenvalue weighted by Gasteiger charge is -2.17. The van der Waals surface area contributed by atoms with Gasteiger partial charge in [-0.15, -0.1) is 16.4 Å². The van der Waals surface area contributed by atoms with Crippen molar-refractivity contribution in [2.75, 3.05) is 0 Å². The number of rotatable bonds is 4. The summed E-state index contributed by atoms with van der Waals surface area (Å²) in [5.41, 5.74) is 1.91. The molecule has 1 N–H and O–H groups in total. The summed E-state index contributed by atoms with van der Waals surface area (Å²) in [6, 6.07) is 9.58. The Bertz CT molecular complexity index is 1040. The topological polar surface area (TPSA) is 76.9 Å². The molecule has 0 bridgehead atoms. The minimum Gasteiger partial charge on any atom is -0.348 e. The van der Waals surface area contributed by atoms with Crippen LogP contribution < -0.4 is 10.9 Å². The van der Waals surface area contributed by atoms with Crippen LogP contribution in [0.2, 0.25) is 0 Å². The highest BCUT2D eigenvalue weighted by molar-refractivity contribution is 7.18. The molecule has 1 aliphatic rings. The van der Waals surface area contributed by atoms with Crippen LogP contribution >= 0.6 is 11.3 Å². The summed E-state index contributed by atoms with van der Waals surface area (Å²) in [6.45, 7) is 4.02. The first-order chi connectivity index (χ1) is 13.0. The van der Waals surface area contributed by atoms with Crippen molar-refractivity contribution in [3.8, 4) is 0 Å². The molecule has 1 aromatic carbocycles. The molecule has 140 valence electrons. The fourth-order valence-electron chi connectivity index (χ4n) is 3.64. The summed E-state index contributed by atoms with van der Waals surface area (Å²) in [6.07, 6.45) is 2.97. The van der Waals surface area contributed by atoms with Crippen molar-refractivity contribution in [1.82, 2.24) is 20.3 Å². The van der Waals surface area contributed by atoms with Gasteiger partial charge in [0.1, 0.15) is 6.54 Å². The number of hydrogen-bond acceptors (Lipinski definition) is 5. The number of amides is 1. The zero-order valence-corrected chi connectivity index (χ0v) is 16.3. The lowest BCUT2D eigenvalue weighted by molar-refractivity contribution is -0.122. The van der Waals surface area contributed by atoms with E-state index >= 15 is 0 Å². The zero-order valence-electron chi connectivity index (χ0n) is 15.4. The number of aryl methyl sites for hydroxylation is 1. The molecule has 2 atom stereocenters. The first-order valence-corrected chi connectivity index (χ1v) is 10.1. The molecule has 0 unspecified atom stereocenters. The normalized spacial score (nSPS) is 17.5. The van der Waals surface area contributed by atoms with E-state index < -0.39 is 0 Å². The first kappa shape index (κ1) is 17.9. The van der Waals surface area contributed by atoms with Gasteiger partial charge in [-0.2, -0.15) is 0 Å². The molecule has 2 heterocycles. The number of nitrogens with one attached hydrogen (secondary N) is 1. The Morgan fingerprint density at radius 1 is 1.37 bits per heavy atom. The van der Waals surface area contributed by atoms with Crippen LogP contribution in [0.4, 0.5) is 0 Å². The Morgan fingerprint density at radius 2 is 2.15 bits per heavy atom. The van der Waals surface area contributed by atoms with Gasteiger partial charge in [0.25, 0.3) is 5.56 Å². The Kier molecular flexibility index (Phi) is 4.78. The van der Waals surface area contributed by atoms with Crippen LogP contribution in [0, 0.1) is 5.92 Å². The molecule has 27 heavy (non-hydrogen) atoms. The molecule has 0 aliphatic heterocycles. The molecule has 0 spiro atoms. The zero-order chi connectivity index (χ0) is 19.0. The van der Waals surface area contributed by atoms with Crippen LogP contribution in [0.15, 0.2) is 35.1 Å². The second kappa shape index (κ2) is 7.23. The van der Waals surface area contributed by atoms with Crippen molar-refractivity contribution in [3.63, 3.8) is 0 Å². The van der Waals surface area contributed by atoms with Gasteiger partial charge in [0.2, 0.25) is 5.91 Å². The molecule has 1 aliphatic carbocycles. The SMILES string of the molecule is C[C@@H]1CCc2c(sc3nnn(CC(=O)N[C@@H](C)c4ccccc4)c(=O)c23)C1. The van der Waals surface area contributed by atoms with Gasteiger partial charge in [0.05, 0.1) is 11.4 Å².